The van der Waals surface area contributed by atoms with Crippen LogP contribution in [-0.2, 0) is 10.5 Å². The van der Waals surface area contributed by atoms with Gasteiger partial charge in [0, 0.05) is 12.8 Å². The fourth-order valence-corrected chi connectivity index (χ4v) is 1.86. The van der Waals surface area contributed by atoms with Crippen molar-refractivity contribution in [3.63, 3.8) is 0 Å². The van der Waals surface area contributed by atoms with E-state index in [0.717, 1.165) is 17.0 Å². The Hall–Kier alpha value is -1.16. The number of likely N-dealkylation sites (N-methyl/N-ethyl adjacent to an activating group) is 1. The van der Waals surface area contributed by atoms with Crippen LogP contribution in [0.1, 0.15) is 12.5 Å². The van der Waals surface area contributed by atoms with Gasteiger partial charge in [0.2, 0.25) is 0 Å². The second kappa shape index (κ2) is 3.77. The number of anilines is 1. The van der Waals surface area contributed by atoms with Gasteiger partial charge in [-0.3, -0.25) is 4.79 Å². The molecular weight excluding hydrogens is 210 g/mol. The molecule has 1 aromatic rings. The lowest BCUT2D eigenvalue weighted by Gasteiger charge is -2.30. The monoisotopic (exact) mass is 223 g/mol. The van der Waals surface area contributed by atoms with E-state index in [1.54, 1.807) is 18.9 Å². The van der Waals surface area contributed by atoms with E-state index in [9.17, 15) is 4.79 Å². The smallest absolute Gasteiger partial charge is 0.267 e. The molecule has 0 N–H and O–H groups in total. The van der Waals surface area contributed by atoms with Gasteiger partial charge in [-0.25, -0.2) is 0 Å². The molecule has 1 aliphatic rings. The zero-order chi connectivity index (χ0) is 11.0. The molecule has 15 heavy (non-hydrogen) atoms. The Bertz CT molecular complexity index is 406. The second-order valence-corrected chi connectivity index (χ2v) is 3.93. The quantitative estimate of drug-likeness (QED) is 0.736. The first kappa shape index (κ1) is 10.4. The maximum atomic E-state index is 11.6. The summed E-state index contributed by atoms with van der Waals surface area (Å²) in [5.74, 6) is 1.42. The highest BCUT2D eigenvalue weighted by Crippen LogP contribution is 2.34. The van der Waals surface area contributed by atoms with E-state index >= 15 is 0 Å². The molecule has 0 bridgehead atoms. The van der Waals surface area contributed by atoms with Crippen molar-refractivity contribution in [3.8, 4) is 5.75 Å². The standard InChI is InChI=1S/C11H13NO2S/c1-7-11(13)12(2)9-4-3-8(6-15)5-10(9)14-7/h3-5,7,15H,6H2,1-2H3. The molecular formula is C11H13NO2S. The van der Waals surface area contributed by atoms with Crippen LogP contribution in [-0.4, -0.2) is 19.1 Å². The zero-order valence-corrected chi connectivity index (χ0v) is 9.62. The van der Waals surface area contributed by atoms with Crippen molar-refractivity contribution in [2.24, 2.45) is 0 Å². The van der Waals surface area contributed by atoms with Crippen molar-refractivity contribution in [1.29, 1.82) is 0 Å². The van der Waals surface area contributed by atoms with Crippen molar-refractivity contribution in [2.45, 2.75) is 18.8 Å². The predicted octanol–water partition coefficient (Wildman–Crippen LogP) is 1.86. The van der Waals surface area contributed by atoms with Crippen LogP contribution in [0.2, 0.25) is 0 Å². The summed E-state index contributed by atoms with van der Waals surface area (Å²) in [5.41, 5.74) is 1.91. The summed E-state index contributed by atoms with van der Waals surface area (Å²) in [7, 11) is 1.76. The molecule has 0 saturated heterocycles. The lowest BCUT2D eigenvalue weighted by molar-refractivity contribution is -0.125. The van der Waals surface area contributed by atoms with Gasteiger partial charge in [0.25, 0.3) is 5.91 Å². The molecule has 0 spiro atoms. The van der Waals surface area contributed by atoms with Crippen molar-refractivity contribution < 1.29 is 9.53 Å². The Morgan fingerprint density at radius 2 is 2.27 bits per heavy atom. The largest absolute Gasteiger partial charge is 0.479 e. The normalized spacial score (nSPS) is 19.8. The number of carbonyl (C=O) groups is 1. The number of ether oxygens (including phenoxy) is 1. The van der Waals surface area contributed by atoms with Crippen molar-refractivity contribution in [2.75, 3.05) is 11.9 Å². The maximum Gasteiger partial charge on any atom is 0.267 e. The van der Waals surface area contributed by atoms with Crippen LogP contribution in [0.5, 0.6) is 5.75 Å². The third-order valence-corrected chi connectivity index (χ3v) is 2.92. The fraction of sp³-hybridized carbons (Fsp3) is 0.364. The van der Waals surface area contributed by atoms with Gasteiger partial charge in [-0.05, 0) is 24.6 Å². The highest BCUT2D eigenvalue weighted by atomic mass is 32.1. The summed E-state index contributed by atoms with van der Waals surface area (Å²) in [4.78, 5) is 13.3. The fourth-order valence-electron chi connectivity index (χ4n) is 1.66. The van der Waals surface area contributed by atoms with Gasteiger partial charge in [-0.2, -0.15) is 12.6 Å². The second-order valence-electron chi connectivity index (χ2n) is 3.62. The van der Waals surface area contributed by atoms with Gasteiger partial charge in [0.1, 0.15) is 5.75 Å². The SMILES string of the molecule is CC1Oc2cc(CS)ccc2N(C)C1=O. The Kier molecular flexibility index (Phi) is 2.61. The van der Waals surface area contributed by atoms with Crippen LogP contribution in [0.4, 0.5) is 5.69 Å². The summed E-state index contributed by atoms with van der Waals surface area (Å²) >= 11 is 4.20. The van der Waals surface area contributed by atoms with Crippen LogP contribution >= 0.6 is 12.6 Å². The minimum absolute atomic E-state index is 0.0128. The Balaban J connectivity index is 2.45. The van der Waals surface area contributed by atoms with E-state index in [1.165, 1.54) is 0 Å². The molecule has 4 heteroatoms. The Morgan fingerprint density at radius 1 is 1.53 bits per heavy atom. The third kappa shape index (κ3) is 1.69. The molecule has 0 aromatic heterocycles. The van der Waals surface area contributed by atoms with Crippen LogP contribution in [0.25, 0.3) is 0 Å². The average Bonchev–Trinajstić information content (AvgIpc) is 2.25. The van der Waals surface area contributed by atoms with E-state index in [1.807, 2.05) is 18.2 Å². The summed E-state index contributed by atoms with van der Waals surface area (Å²) in [6.07, 6.45) is -0.405. The number of carbonyl (C=O) groups excluding carboxylic acids is 1. The molecule has 1 atom stereocenters. The predicted molar refractivity (Wildman–Crippen MR) is 62.6 cm³/mol. The molecule has 0 radical (unpaired) electrons. The van der Waals surface area contributed by atoms with E-state index < -0.39 is 6.10 Å². The molecule has 0 fully saturated rings. The Labute approximate surface area is 94.4 Å². The molecule has 1 amide bonds. The molecule has 0 aliphatic carbocycles. The number of amides is 1. The number of benzene rings is 1. The van der Waals surface area contributed by atoms with Crippen LogP contribution < -0.4 is 9.64 Å². The molecule has 1 unspecified atom stereocenters. The Morgan fingerprint density at radius 3 is 2.93 bits per heavy atom. The van der Waals surface area contributed by atoms with Gasteiger partial charge < -0.3 is 9.64 Å². The topological polar surface area (TPSA) is 29.5 Å². The summed E-state index contributed by atoms with van der Waals surface area (Å²) in [5, 5.41) is 0. The molecule has 1 aromatic carbocycles. The highest BCUT2D eigenvalue weighted by molar-refractivity contribution is 7.79. The van der Waals surface area contributed by atoms with E-state index in [-0.39, 0.29) is 5.91 Å². The van der Waals surface area contributed by atoms with Crippen molar-refractivity contribution in [1.82, 2.24) is 0 Å². The lowest BCUT2D eigenvalue weighted by Crippen LogP contribution is -2.41. The molecule has 1 heterocycles. The molecule has 1 aliphatic heterocycles. The van der Waals surface area contributed by atoms with Gasteiger partial charge in [-0.15, -0.1) is 0 Å². The van der Waals surface area contributed by atoms with Crippen LogP contribution in [0.15, 0.2) is 18.2 Å². The van der Waals surface area contributed by atoms with E-state index in [4.69, 9.17) is 4.74 Å². The molecule has 3 nitrogen and oxygen atoms in total. The number of rotatable bonds is 1. The first-order valence-corrected chi connectivity index (χ1v) is 5.44. The summed E-state index contributed by atoms with van der Waals surface area (Å²) in [6.45, 7) is 1.76. The average molecular weight is 223 g/mol. The van der Waals surface area contributed by atoms with E-state index in [0.29, 0.717) is 5.75 Å². The summed E-state index contributed by atoms with van der Waals surface area (Å²) in [6, 6.07) is 5.78. The van der Waals surface area contributed by atoms with Crippen LogP contribution in [0.3, 0.4) is 0 Å². The number of fused-ring (bicyclic) bond motifs is 1. The highest BCUT2D eigenvalue weighted by Gasteiger charge is 2.28. The number of thiol groups is 1. The van der Waals surface area contributed by atoms with Gasteiger partial charge in [0.05, 0.1) is 5.69 Å². The first-order chi connectivity index (χ1) is 7.13. The third-order valence-electron chi connectivity index (χ3n) is 2.55. The van der Waals surface area contributed by atoms with E-state index in [2.05, 4.69) is 12.6 Å². The van der Waals surface area contributed by atoms with Gasteiger partial charge >= 0.3 is 0 Å². The molecule has 0 saturated carbocycles. The van der Waals surface area contributed by atoms with Gasteiger partial charge in [0.15, 0.2) is 6.10 Å². The number of hydrogen-bond donors (Lipinski definition) is 1. The van der Waals surface area contributed by atoms with Crippen molar-refractivity contribution >= 4 is 24.2 Å². The lowest BCUT2D eigenvalue weighted by atomic mass is 10.1. The molecule has 80 valence electrons. The zero-order valence-electron chi connectivity index (χ0n) is 8.73. The maximum absolute atomic E-state index is 11.6. The number of nitrogens with zero attached hydrogens (tertiary/aromatic N) is 1. The van der Waals surface area contributed by atoms with Gasteiger partial charge in [-0.1, -0.05) is 6.07 Å². The first-order valence-electron chi connectivity index (χ1n) is 4.81. The minimum atomic E-state index is -0.405. The number of hydrogen-bond acceptors (Lipinski definition) is 3. The van der Waals surface area contributed by atoms with Crippen LogP contribution in [0, 0.1) is 0 Å². The molecule has 2 rings (SSSR count). The minimum Gasteiger partial charge on any atom is -0.479 e. The van der Waals surface area contributed by atoms with Crippen molar-refractivity contribution in [3.05, 3.63) is 23.8 Å². The summed E-state index contributed by atoms with van der Waals surface area (Å²) < 4.78 is 5.53.